The van der Waals surface area contributed by atoms with Gasteiger partial charge in [-0.3, -0.25) is 0 Å². The third-order valence-electron chi connectivity index (χ3n) is 3.09. The fourth-order valence-corrected chi connectivity index (χ4v) is 2.97. The maximum atomic E-state index is 12.6. The summed E-state index contributed by atoms with van der Waals surface area (Å²) >= 11 is 0. The molecule has 0 aromatic heterocycles. The molecule has 0 aliphatic carbocycles. The lowest BCUT2D eigenvalue weighted by Gasteiger charge is -2.41. The Morgan fingerprint density at radius 2 is 1.84 bits per heavy atom. The zero-order valence-corrected chi connectivity index (χ0v) is 10.7. The van der Waals surface area contributed by atoms with Crippen molar-refractivity contribution in [2.45, 2.75) is 10.4 Å². The maximum absolute atomic E-state index is 12.6. The van der Waals surface area contributed by atoms with Crippen molar-refractivity contribution in [3.8, 4) is 0 Å². The van der Waals surface area contributed by atoms with Crippen molar-refractivity contribution in [1.29, 1.82) is 0 Å². The number of hydrogen-bond acceptors (Lipinski definition) is 4. The van der Waals surface area contributed by atoms with Crippen LogP contribution in [0.15, 0.2) is 29.2 Å². The van der Waals surface area contributed by atoms with E-state index in [1.165, 1.54) is 18.2 Å². The summed E-state index contributed by atoms with van der Waals surface area (Å²) in [6.45, 7) is 1.38. The number of para-hydroxylation sites is 1. The van der Waals surface area contributed by atoms with Crippen molar-refractivity contribution < 1.29 is 21.6 Å². The first-order valence-electron chi connectivity index (χ1n) is 5.62. The molecule has 1 aromatic carbocycles. The first kappa shape index (κ1) is 14.1. The van der Waals surface area contributed by atoms with Crippen LogP contribution in [0.3, 0.4) is 0 Å². The minimum atomic E-state index is -5.33. The van der Waals surface area contributed by atoms with E-state index in [1.54, 1.807) is 4.90 Å². The standard InChI is InChI=1S/C11H13F3N2O2S/c12-11(13,14)19(17,18)10-4-2-1-3-9(10)16-6-8(5-15)7-16/h1-4,8H,5-7,15H2. The number of sulfone groups is 1. The lowest BCUT2D eigenvalue weighted by Crippen LogP contribution is -2.50. The second-order valence-corrected chi connectivity index (χ2v) is 6.33. The van der Waals surface area contributed by atoms with Gasteiger partial charge in [0.1, 0.15) is 0 Å². The Hall–Kier alpha value is -1.28. The number of benzene rings is 1. The van der Waals surface area contributed by atoms with Crippen LogP contribution < -0.4 is 10.6 Å². The topological polar surface area (TPSA) is 63.4 Å². The second-order valence-electron chi connectivity index (χ2n) is 4.42. The van der Waals surface area contributed by atoms with Gasteiger partial charge in [0, 0.05) is 19.0 Å². The van der Waals surface area contributed by atoms with Crippen LogP contribution >= 0.6 is 0 Å². The number of rotatable bonds is 3. The number of anilines is 1. The molecule has 1 fully saturated rings. The third-order valence-corrected chi connectivity index (χ3v) is 4.62. The summed E-state index contributed by atoms with van der Waals surface area (Å²) in [5.74, 6) is 0.196. The van der Waals surface area contributed by atoms with Crippen LogP contribution in [0.5, 0.6) is 0 Å². The molecule has 0 atom stereocenters. The van der Waals surface area contributed by atoms with E-state index in [1.807, 2.05) is 0 Å². The third kappa shape index (κ3) is 2.42. The Bertz CT molecular complexity index is 566. The number of nitrogens with zero attached hydrogens (tertiary/aromatic N) is 1. The Labute approximate surface area is 108 Å². The molecule has 19 heavy (non-hydrogen) atoms. The first-order valence-corrected chi connectivity index (χ1v) is 7.11. The second kappa shape index (κ2) is 4.68. The minimum absolute atomic E-state index is 0.0875. The molecule has 1 aromatic rings. The Balaban J connectivity index is 2.38. The van der Waals surface area contributed by atoms with Gasteiger partial charge in [-0.1, -0.05) is 12.1 Å². The van der Waals surface area contributed by atoms with E-state index < -0.39 is 20.2 Å². The molecule has 1 heterocycles. The van der Waals surface area contributed by atoms with Gasteiger partial charge in [0.2, 0.25) is 0 Å². The molecule has 2 N–H and O–H groups in total. The molecule has 0 saturated carbocycles. The number of alkyl halides is 3. The van der Waals surface area contributed by atoms with Crippen molar-refractivity contribution in [3.05, 3.63) is 24.3 Å². The van der Waals surface area contributed by atoms with Crippen molar-refractivity contribution in [3.63, 3.8) is 0 Å². The molecular weight excluding hydrogens is 281 g/mol. The van der Waals surface area contributed by atoms with Gasteiger partial charge in [0.05, 0.1) is 10.6 Å². The number of halogens is 3. The lowest BCUT2D eigenvalue weighted by molar-refractivity contribution is -0.0435. The summed E-state index contributed by atoms with van der Waals surface area (Å²) in [6.07, 6.45) is 0. The van der Waals surface area contributed by atoms with Crippen molar-refractivity contribution in [2.75, 3.05) is 24.5 Å². The molecule has 8 heteroatoms. The normalized spacial score (nSPS) is 17.4. The van der Waals surface area contributed by atoms with E-state index in [-0.39, 0.29) is 11.6 Å². The molecule has 4 nitrogen and oxygen atoms in total. The molecule has 1 aliphatic heterocycles. The molecule has 0 bridgehead atoms. The van der Waals surface area contributed by atoms with E-state index >= 15 is 0 Å². The predicted octanol–water partition coefficient (Wildman–Crippen LogP) is 1.38. The Morgan fingerprint density at radius 1 is 1.26 bits per heavy atom. The quantitative estimate of drug-likeness (QED) is 0.914. The number of nitrogens with two attached hydrogens (primary N) is 1. The molecule has 1 aliphatic rings. The van der Waals surface area contributed by atoms with Gasteiger partial charge in [-0.25, -0.2) is 8.42 Å². The van der Waals surface area contributed by atoms with Crippen LogP contribution in [-0.4, -0.2) is 33.6 Å². The molecule has 0 unspecified atom stereocenters. The van der Waals surface area contributed by atoms with Crippen molar-refractivity contribution in [1.82, 2.24) is 0 Å². The van der Waals surface area contributed by atoms with E-state index in [0.29, 0.717) is 19.6 Å². The fraction of sp³-hybridized carbons (Fsp3) is 0.455. The minimum Gasteiger partial charge on any atom is -0.370 e. The van der Waals surface area contributed by atoms with Crippen LogP contribution in [-0.2, 0) is 9.84 Å². The Kier molecular flexibility index (Phi) is 3.48. The van der Waals surface area contributed by atoms with E-state index in [0.717, 1.165) is 6.07 Å². The largest absolute Gasteiger partial charge is 0.501 e. The monoisotopic (exact) mass is 294 g/mol. The number of hydrogen-bond donors (Lipinski definition) is 1. The average Bonchev–Trinajstić information content (AvgIpc) is 2.26. The molecule has 0 spiro atoms. The van der Waals surface area contributed by atoms with Crippen LogP contribution in [0.2, 0.25) is 0 Å². The van der Waals surface area contributed by atoms with Gasteiger partial charge in [-0.15, -0.1) is 0 Å². The highest BCUT2D eigenvalue weighted by Gasteiger charge is 2.48. The average molecular weight is 294 g/mol. The SMILES string of the molecule is NCC1CN(c2ccccc2S(=O)(=O)C(F)(F)F)C1. The van der Waals surface area contributed by atoms with Crippen LogP contribution in [0.4, 0.5) is 18.9 Å². The summed E-state index contributed by atoms with van der Waals surface area (Å²) in [6, 6.07) is 5.15. The van der Waals surface area contributed by atoms with Gasteiger partial charge < -0.3 is 10.6 Å². The molecular formula is C11H13F3N2O2S. The van der Waals surface area contributed by atoms with Crippen molar-refractivity contribution in [2.24, 2.45) is 11.7 Å². The molecule has 2 rings (SSSR count). The van der Waals surface area contributed by atoms with Crippen LogP contribution in [0.25, 0.3) is 0 Å². The Morgan fingerprint density at radius 3 is 2.37 bits per heavy atom. The summed E-state index contributed by atoms with van der Waals surface area (Å²) in [7, 11) is -5.33. The summed E-state index contributed by atoms with van der Waals surface area (Å²) in [4.78, 5) is 0.897. The molecule has 106 valence electrons. The van der Waals surface area contributed by atoms with E-state index in [2.05, 4.69) is 0 Å². The summed E-state index contributed by atoms with van der Waals surface area (Å²) in [5, 5.41) is 0. The van der Waals surface area contributed by atoms with Gasteiger partial charge in [0.15, 0.2) is 0 Å². The first-order chi connectivity index (χ1) is 8.77. The zero-order valence-electron chi connectivity index (χ0n) is 9.89. The highest BCUT2D eigenvalue weighted by Crippen LogP contribution is 2.37. The molecule has 0 radical (unpaired) electrons. The fourth-order valence-electron chi connectivity index (χ4n) is 1.99. The highest BCUT2D eigenvalue weighted by atomic mass is 32.2. The van der Waals surface area contributed by atoms with Gasteiger partial charge in [0.25, 0.3) is 9.84 Å². The predicted molar refractivity (Wildman–Crippen MR) is 64.4 cm³/mol. The van der Waals surface area contributed by atoms with E-state index in [4.69, 9.17) is 5.73 Å². The van der Waals surface area contributed by atoms with Gasteiger partial charge >= 0.3 is 5.51 Å². The van der Waals surface area contributed by atoms with Crippen LogP contribution in [0, 0.1) is 5.92 Å². The maximum Gasteiger partial charge on any atom is 0.501 e. The summed E-state index contributed by atoms with van der Waals surface area (Å²) < 4.78 is 60.8. The van der Waals surface area contributed by atoms with Gasteiger partial charge in [-0.05, 0) is 18.7 Å². The van der Waals surface area contributed by atoms with Gasteiger partial charge in [-0.2, -0.15) is 13.2 Å². The smallest absolute Gasteiger partial charge is 0.370 e. The highest BCUT2D eigenvalue weighted by molar-refractivity contribution is 7.92. The van der Waals surface area contributed by atoms with Crippen molar-refractivity contribution >= 4 is 15.5 Å². The molecule has 0 amide bonds. The lowest BCUT2D eigenvalue weighted by atomic mass is 10.00. The van der Waals surface area contributed by atoms with E-state index in [9.17, 15) is 21.6 Å². The molecule has 1 saturated heterocycles. The summed E-state index contributed by atoms with van der Waals surface area (Å²) in [5.41, 5.74) is 0.239. The van der Waals surface area contributed by atoms with Crippen LogP contribution in [0.1, 0.15) is 0 Å². The zero-order chi connectivity index (χ0) is 14.3.